The Hall–Kier alpha value is -9.45. The summed E-state index contributed by atoms with van der Waals surface area (Å²) in [5, 5.41) is 6.81. The van der Waals surface area contributed by atoms with Gasteiger partial charge in [0.25, 0.3) is 0 Å². The summed E-state index contributed by atoms with van der Waals surface area (Å²) in [5.41, 5.74) is 20.2. The van der Waals surface area contributed by atoms with Gasteiger partial charge in [0.15, 0.2) is 0 Å². The van der Waals surface area contributed by atoms with Crippen LogP contribution in [-0.2, 0) is 54.1 Å². The first kappa shape index (κ1) is 111. The van der Waals surface area contributed by atoms with Crippen LogP contribution in [0, 0.1) is 82.3 Å². The van der Waals surface area contributed by atoms with E-state index in [-0.39, 0.29) is 77.3 Å². The maximum absolute atomic E-state index is 13.5. The number of halogens is 8. The van der Waals surface area contributed by atoms with E-state index in [2.05, 4.69) is 285 Å². The van der Waals surface area contributed by atoms with Crippen LogP contribution in [0.1, 0.15) is 297 Å². The predicted octanol–water partition coefficient (Wildman–Crippen LogP) is 38.0. The van der Waals surface area contributed by atoms with Gasteiger partial charge < -0.3 is 0 Å². The van der Waals surface area contributed by atoms with E-state index in [1.165, 1.54) is 107 Å². The highest BCUT2D eigenvalue weighted by atomic mass is 35.5. The Balaban J connectivity index is 0.000000256. The number of benzene rings is 12. The van der Waals surface area contributed by atoms with Gasteiger partial charge in [-0.2, -0.15) is 0 Å². The molecule has 0 aliphatic rings. The monoisotopic (exact) mass is 1820 g/mol. The number of fused-ring (bicyclic) bond motifs is 3. The van der Waals surface area contributed by atoms with E-state index in [1.807, 2.05) is 120 Å². The van der Waals surface area contributed by atoms with Gasteiger partial charge in [0.1, 0.15) is 40.7 Å². The van der Waals surface area contributed by atoms with Crippen LogP contribution in [0.4, 0.5) is 30.7 Å². The van der Waals surface area contributed by atoms with Gasteiger partial charge in [-0.05, 0) is 267 Å². The van der Waals surface area contributed by atoms with Crippen LogP contribution in [0.2, 0.25) is 5.02 Å². The van der Waals surface area contributed by atoms with Gasteiger partial charge in [-0.15, -0.1) is 22.7 Å². The summed E-state index contributed by atoms with van der Waals surface area (Å²) >= 11 is 9.43. The summed E-state index contributed by atoms with van der Waals surface area (Å²) in [6.07, 6.45) is 0. The van der Waals surface area contributed by atoms with E-state index in [9.17, 15) is 30.7 Å². The second-order valence-electron chi connectivity index (χ2n) is 44.2. The molecule has 0 spiro atoms. The number of hydrogen-bond acceptors (Lipinski definition) is 3. The van der Waals surface area contributed by atoms with Gasteiger partial charge in [-0.1, -0.05) is 395 Å². The molecule has 0 N–H and O–H groups in total. The van der Waals surface area contributed by atoms with Crippen LogP contribution < -0.4 is 0 Å². The lowest BCUT2D eigenvalue weighted by Crippen LogP contribution is -2.16. The highest BCUT2D eigenvalue weighted by molar-refractivity contribution is 7.17. The Morgan fingerprint density at radius 2 is 0.692 bits per heavy atom. The van der Waals surface area contributed by atoms with Crippen molar-refractivity contribution in [2.24, 2.45) is 0 Å². The van der Waals surface area contributed by atoms with Crippen LogP contribution in [0.15, 0.2) is 247 Å². The maximum atomic E-state index is 13.5. The standard InChI is InChI=1S/C16H18.C14H16.C12H14S.C11H14ClF.2C11H14F2.2C11H15F.C11H13NS.C11H16/c1-16(2,3)15-11-7-10-14(12-15)13-8-5-4-6-9-13;1-14(2,3)13-9-8-11-6-4-5-7-12(11)10-13;1-12(2,3)10-4-5-11-9(8-10)6-7-13-11;1-7-5-10(13)8(6-9(7)12)11(2,3)4;1-7-9(12)5-8(6-10(7)13)11(2,3)4;1-7-5-6-8(12)9(10(7)13)11(2,3)4;1-8-5-6-9(10(12)7-8)11(2,3)4;1-8-6-5-7-9(10(8)12)11(2,3)4;1-11(2,3)8-4-5-10-9(6-8)12-7-13-10;1-9-6-5-7-10(8-9)11(2,3)4/h4-12H,1-3H3;4-10H,1-3H3;4-8H,1-3H3;3*5-6H,1-4H3;2*5-7H,1-4H3;4-7H,1-3H3;5-8H,1-4H3. The van der Waals surface area contributed by atoms with Crippen LogP contribution in [0.5, 0.6) is 0 Å². The van der Waals surface area contributed by atoms with Crippen molar-refractivity contribution >= 4 is 65.3 Å². The number of aryl methyl sites for hydroxylation is 5. The van der Waals surface area contributed by atoms with Gasteiger partial charge in [-0.3, -0.25) is 0 Å². The summed E-state index contributed by atoms with van der Waals surface area (Å²) in [7, 11) is 0. The number of aromatic nitrogens is 1. The van der Waals surface area contributed by atoms with Gasteiger partial charge in [0.2, 0.25) is 0 Å². The molecule has 698 valence electrons. The number of thiophene rings is 1. The van der Waals surface area contributed by atoms with Gasteiger partial charge in [-0.25, -0.2) is 35.7 Å². The number of rotatable bonds is 1. The van der Waals surface area contributed by atoms with Crippen molar-refractivity contribution in [1.29, 1.82) is 0 Å². The third-order valence-corrected chi connectivity index (χ3v) is 24.1. The zero-order valence-electron chi connectivity index (χ0n) is 85.0. The zero-order valence-corrected chi connectivity index (χ0v) is 87.3. The van der Waals surface area contributed by atoms with E-state index < -0.39 is 28.7 Å². The second-order valence-corrected chi connectivity index (χ2v) is 46.4. The highest BCUT2D eigenvalue weighted by Crippen LogP contribution is 2.37. The van der Waals surface area contributed by atoms with E-state index in [0.717, 1.165) is 33.3 Å². The van der Waals surface area contributed by atoms with Gasteiger partial charge in [0, 0.05) is 20.8 Å². The van der Waals surface area contributed by atoms with E-state index in [1.54, 1.807) is 82.4 Å². The van der Waals surface area contributed by atoms with Crippen molar-refractivity contribution in [2.75, 3.05) is 0 Å². The summed E-state index contributed by atoms with van der Waals surface area (Å²) < 4.78 is 96.0. The first-order valence-electron chi connectivity index (χ1n) is 45.0. The van der Waals surface area contributed by atoms with Crippen LogP contribution >= 0.6 is 34.3 Å². The quantitative estimate of drug-likeness (QED) is 0.149. The molecular weight excluding hydrogens is 1680 g/mol. The summed E-state index contributed by atoms with van der Waals surface area (Å²) in [6, 6.07) is 78.5. The summed E-state index contributed by atoms with van der Waals surface area (Å²) in [4.78, 5) is 4.31. The lowest BCUT2D eigenvalue weighted by atomic mass is 9.85. The van der Waals surface area contributed by atoms with Crippen molar-refractivity contribution in [3.8, 4) is 11.1 Å². The molecule has 0 aliphatic carbocycles. The number of thiazole rings is 1. The Morgan fingerprint density at radius 1 is 0.254 bits per heavy atom. The molecule has 1 nitrogen and oxygen atoms in total. The molecule has 0 aliphatic heterocycles. The minimum absolute atomic E-state index is 0.0648. The molecular formula is C119H149ClF7NS2. The second kappa shape index (κ2) is 46.3. The molecule has 0 radical (unpaired) electrons. The lowest BCUT2D eigenvalue weighted by Gasteiger charge is -2.21. The van der Waals surface area contributed by atoms with Crippen molar-refractivity contribution in [1.82, 2.24) is 4.98 Å². The summed E-state index contributed by atoms with van der Waals surface area (Å²) in [6.45, 7) is 73.5. The van der Waals surface area contributed by atoms with E-state index >= 15 is 0 Å². The fourth-order valence-corrected chi connectivity index (χ4v) is 15.0. The fourth-order valence-electron chi connectivity index (χ4n) is 13.4. The maximum Gasteiger partial charge on any atom is 0.132 e. The lowest BCUT2D eigenvalue weighted by molar-refractivity contribution is 0.472. The number of hydrogen-bond donors (Lipinski definition) is 0. The molecule has 14 rings (SSSR count). The van der Waals surface area contributed by atoms with Crippen molar-refractivity contribution in [2.45, 2.75) is 303 Å². The molecule has 0 fully saturated rings. The normalized spacial score (nSPS) is 11.8. The smallest absolute Gasteiger partial charge is 0.132 e. The molecule has 2 aromatic heterocycles. The summed E-state index contributed by atoms with van der Waals surface area (Å²) in [5.74, 6) is -2.15. The molecule has 0 amide bonds. The molecule has 0 atom stereocenters. The molecule has 0 saturated heterocycles. The minimum Gasteiger partial charge on any atom is -0.245 e. The average molecular weight is 1830 g/mol. The third kappa shape index (κ3) is 34.9. The Morgan fingerprint density at radius 3 is 1.18 bits per heavy atom. The predicted molar refractivity (Wildman–Crippen MR) is 556 cm³/mol. The molecule has 0 unspecified atom stereocenters. The fraction of sp³-hybridized carbons (Fsp3) is 0.387. The highest BCUT2D eigenvalue weighted by Gasteiger charge is 2.27. The van der Waals surface area contributed by atoms with E-state index in [0.29, 0.717) is 21.7 Å². The van der Waals surface area contributed by atoms with Crippen molar-refractivity contribution < 1.29 is 30.7 Å². The zero-order chi connectivity index (χ0) is 98.6. The molecule has 2 heterocycles. The topological polar surface area (TPSA) is 12.9 Å². The molecule has 0 bridgehead atoms. The first-order chi connectivity index (χ1) is 59.6. The Bertz CT molecular complexity index is 5840. The minimum atomic E-state index is -0.486. The molecule has 14 aromatic rings. The van der Waals surface area contributed by atoms with Crippen LogP contribution in [0.3, 0.4) is 0 Å². The largest absolute Gasteiger partial charge is 0.245 e. The third-order valence-electron chi connectivity index (χ3n) is 22.0. The van der Waals surface area contributed by atoms with Gasteiger partial charge in [0.05, 0.1) is 15.7 Å². The van der Waals surface area contributed by atoms with Crippen molar-refractivity contribution in [3.05, 3.63) is 382 Å². The average Bonchev–Trinajstić information content (AvgIpc) is 1.76. The molecule has 12 aromatic carbocycles. The first-order valence-corrected chi connectivity index (χ1v) is 47.2. The Kier molecular flexibility index (Phi) is 39.5. The van der Waals surface area contributed by atoms with E-state index in [4.69, 9.17) is 11.6 Å². The molecule has 130 heavy (non-hydrogen) atoms. The Labute approximate surface area is 792 Å². The molecule has 11 heteroatoms. The SMILES string of the molecule is CC(C)(C)c1ccc2ccccc2c1.CC(C)(C)c1ccc2sccc2c1.CC(C)(C)c1ccc2scnc2c1.CC(C)(C)c1cccc(-c2ccccc2)c1.Cc1c(F)cc(C(C)(C)C)cc1F.Cc1cc(F)c(C(C)(C)C)cc1Cl.Cc1ccc(C(C)(C)C)c(F)c1.Cc1ccc(F)c(C(C)(C)C)c1F.Cc1cccc(C(C)(C)C)c1.Cc1cccc(C(C)(C)C)c1F. The van der Waals surface area contributed by atoms with Crippen LogP contribution in [0.25, 0.3) is 42.2 Å². The molecule has 0 saturated carbocycles. The van der Waals surface area contributed by atoms with Crippen molar-refractivity contribution in [3.63, 3.8) is 0 Å². The number of nitrogens with zero attached hydrogens (tertiary/aromatic N) is 1. The van der Waals surface area contributed by atoms with Crippen LogP contribution in [-0.4, -0.2) is 4.98 Å². The van der Waals surface area contributed by atoms with Gasteiger partial charge >= 0.3 is 0 Å².